The molecule has 1 amide bonds. The molecule has 188 valence electrons. The van der Waals surface area contributed by atoms with Crippen LogP contribution in [0.15, 0.2) is 48.0 Å². The quantitative estimate of drug-likeness (QED) is 0.296. The number of aliphatic hydroxyl groups excluding tert-OH is 1. The Morgan fingerprint density at radius 3 is 2.17 bits per heavy atom. The molecule has 0 saturated carbocycles. The number of amides is 1. The Labute approximate surface area is 206 Å². The Morgan fingerprint density at radius 1 is 0.943 bits per heavy atom. The van der Waals surface area contributed by atoms with E-state index in [9.17, 15) is 14.7 Å². The van der Waals surface area contributed by atoms with Crippen molar-refractivity contribution < 1.29 is 28.9 Å². The van der Waals surface area contributed by atoms with Crippen LogP contribution >= 0.6 is 0 Å². The molecule has 2 aromatic carbocycles. The highest BCUT2D eigenvalue weighted by Crippen LogP contribution is 2.42. The average Bonchev–Trinajstić information content (AvgIpc) is 3.15. The van der Waals surface area contributed by atoms with Gasteiger partial charge in [0.15, 0.2) is 11.5 Å². The van der Waals surface area contributed by atoms with Crippen LogP contribution in [0.2, 0.25) is 0 Å². The first-order chi connectivity index (χ1) is 16.9. The van der Waals surface area contributed by atoms with Crippen LogP contribution in [0.1, 0.15) is 37.4 Å². The van der Waals surface area contributed by atoms with Crippen molar-refractivity contribution in [2.24, 2.45) is 0 Å². The number of benzene rings is 2. The highest BCUT2D eigenvalue weighted by atomic mass is 16.5. The fraction of sp³-hybridized carbons (Fsp3) is 0.407. The number of methoxy groups -OCH3 is 3. The van der Waals surface area contributed by atoms with Gasteiger partial charge in [0.05, 0.1) is 32.9 Å². The van der Waals surface area contributed by atoms with E-state index in [1.165, 1.54) is 7.11 Å². The molecule has 1 unspecified atom stereocenters. The second-order valence-corrected chi connectivity index (χ2v) is 8.22. The number of likely N-dealkylation sites (tertiary alicyclic amines) is 1. The Kier molecular flexibility index (Phi) is 8.76. The largest absolute Gasteiger partial charge is 0.507 e. The molecule has 8 nitrogen and oxygen atoms in total. The molecule has 0 spiro atoms. The number of hydrogen-bond acceptors (Lipinski definition) is 7. The summed E-state index contributed by atoms with van der Waals surface area (Å²) in [6.45, 7) is 7.17. The number of carbonyl (C=O) groups excluding carboxylic acids is 2. The monoisotopic (exact) mass is 482 g/mol. The van der Waals surface area contributed by atoms with Crippen LogP contribution in [0.4, 0.5) is 0 Å². The molecule has 1 aliphatic rings. The molecule has 1 saturated heterocycles. The predicted octanol–water partition coefficient (Wildman–Crippen LogP) is 3.87. The molecule has 0 bridgehead atoms. The molecular weight excluding hydrogens is 448 g/mol. The number of ketones is 1. The molecule has 1 aliphatic heterocycles. The minimum Gasteiger partial charge on any atom is -0.507 e. The van der Waals surface area contributed by atoms with E-state index in [2.05, 4.69) is 18.7 Å². The van der Waals surface area contributed by atoms with Gasteiger partial charge in [0.2, 0.25) is 0 Å². The number of ether oxygens (including phenoxy) is 3. The third-order valence-corrected chi connectivity index (χ3v) is 6.39. The van der Waals surface area contributed by atoms with Crippen LogP contribution in [0.25, 0.3) is 5.76 Å². The molecule has 2 aromatic rings. The van der Waals surface area contributed by atoms with Crippen molar-refractivity contribution in [1.82, 2.24) is 9.80 Å². The maximum Gasteiger partial charge on any atom is 0.295 e. The molecule has 3 rings (SSSR count). The van der Waals surface area contributed by atoms with E-state index in [4.69, 9.17) is 14.2 Å². The van der Waals surface area contributed by atoms with Gasteiger partial charge in [-0.1, -0.05) is 19.9 Å². The first-order valence-electron chi connectivity index (χ1n) is 11.8. The number of nitrogens with zero attached hydrogens (tertiary/aromatic N) is 2. The summed E-state index contributed by atoms with van der Waals surface area (Å²) in [7, 11) is 4.62. The minimum atomic E-state index is -0.756. The summed E-state index contributed by atoms with van der Waals surface area (Å²) in [5.41, 5.74) is 1.13. The van der Waals surface area contributed by atoms with Crippen molar-refractivity contribution >= 4 is 17.4 Å². The fourth-order valence-electron chi connectivity index (χ4n) is 4.39. The maximum atomic E-state index is 13.2. The van der Waals surface area contributed by atoms with E-state index in [0.717, 1.165) is 19.6 Å². The van der Waals surface area contributed by atoms with Crippen LogP contribution in [0.3, 0.4) is 0 Å². The molecule has 0 aromatic heterocycles. The van der Waals surface area contributed by atoms with Gasteiger partial charge in [0.1, 0.15) is 11.5 Å². The van der Waals surface area contributed by atoms with Crippen LogP contribution < -0.4 is 14.2 Å². The summed E-state index contributed by atoms with van der Waals surface area (Å²) in [5, 5.41) is 11.2. The van der Waals surface area contributed by atoms with Gasteiger partial charge in [-0.15, -0.1) is 0 Å². The zero-order chi connectivity index (χ0) is 25.5. The van der Waals surface area contributed by atoms with E-state index >= 15 is 0 Å². The number of Topliss-reactive ketones (excluding diaryl/α,β-unsaturated/α-hetero) is 1. The van der Waals surface area contributed by atoms with Crippen LogP contribution in [0.5, 0.6) is 17.2 Å². The lowest BCUT2D eigenvalue weighted by atomic mass is 9.95. The van der Waals surface area contributed by atoms with Crippen molar-refractivity contribution in [3.05, 3.63) is 59.2 Å². The van der Waals surface area contributed by atoms with Crippen molar-refractivity contribution in [3.63, 3.8) is 0 Å². The van der Waals surface area contributed by atoms with Gasteiger partial charge in [-0.3, -0.25) is 9.59 Å². The summed E-state index contributed by atoms with van der Waals surface area (Å²) < 4.78 is 16.0. The van der Waals surface area contributed by atoms with E-state index < -0.39 is 17.7 Å². The molecular formula is C27H34N2O6. The molecule has 35 heavy (non-hydrogen) atoms. The second-order valence-electron chi connectivity index (χ2n) is 8.22. The lowest BCUT2D eigenvalue weighted by Crippen LogP contribution is -2.33. The summed E-state index contributed by atoms with van der Waals surface area (Å²) in [6.07, 6.45) is 0.696. The lowest BCUT2D eigenvalue weighted by molar-refractivity contribution is -0.140. The Morgan fingerprint density at radius 2 is 1.60 bits per heavy atom. The van der Waals surface area contributed by atoms with E-state index in [1.807, 2.05) is 0 Å². The summed E-state index contributed by atoms with van der Waals surface area (Å²) in [6, 6.07) is 11.2. The van der Waals surface area contributed by atoms with Crippen molar-refractivity contribution in [2.75, 3.05) is 47.5 Å². The average molecular weight is 483 g/mol. The predicted molar refractivity (Wildman–Crippen MR) is 134 cm³/mol. The first kappa shape index (κ1) is 26.1. The molecule has 0 radical (unpaired) electrons. The molecule has 1 heterocycles. The Hall–Kier alpha value is -3.52. The zero-order valence-corrected chi connectivity index (χ0v) is 21.0. The number of carbonyl (C=O) groups is 2. The van der Waals surface area contributed by atoms with Crippen LogP contribution in [0, 0.1) is 0 Å². The lowest BCUT2D eigenvalue weighted by Gasteiger charge is -2.27. The topological polar surface area (TPSA) is 88.5 Å². The molecule has 1 N–H and O–H groups in total. The number of aliphatic hydroxyl groups is 1. The Balaban J connectivity index is 2.08. The van der Waals surface area contributed by atoms with E-state index in [0.29, 0.717) is 41.3 Å². The normalized spacial score (nSPS) is 17.2. The number of rotatable bonds is 11. The van der Waals surface area contributed by atoms with Gasteiger partial charge >= 0.3 is 0 Å². The van der Waals surface area contributed by atoms with Gasteiger partial charge < -0.3 is 29.1 Å². The number of hydrogen-bond donors (Lipinski definition) is 1. The SMILES string of the molecule is CCN(CC)CCCN1C(=O)C(=O)C(=C(O)c2ccc(OC)cc2)C1c1ccc(OC)c(OC)c1. The smallest absolute Gasteiger partial charge is 0.295 e. The molecule has 1 fully saturated rings. The molecule has 1 atom stereocenters. The summed E-state index contributed by atoms with van der Waals surface area (Å²) in [5.74, 6) is 0.0697. The van der Waals surface area contributed by atoms with Crippen molar-refractivity contribution in [2.45, 2.75) is 26.3 Å². The first-order valence-corrected chi connectivity index (χ1v) is 11.8. The van der Waals surface area contributed by atoms with E-state index in [1.54, 1.807) is 61.6 Å². The van der Waals surface area contributed by atoms with Crippen molar-refractivity contribution in [1.29, 1.82) is 0 Å². The van der Waals surface area contributed by atoms with Gasteiger partial charge in [0, 0.05) is 12.1 Å². The molecule has 0 aliphatic carbocycles. The van der Waals surface area contributed by atoms with Crippen LogP contribution in [-0.4, -0.2) is 74.1 Å². The second kappa shape index (κ2) is 11.8. The molecule has 8 heteroatoms. The fourth-order valence-corrected chi connectivity index (χ4v) is 4.39. The van der Waals surface area contributed by atoms with Crippen molar-refractivity contribution in [3.8, 4) is 17.2 Å². The standard InChI is InChI=1S/C27H34N2O6/c1-6-28(7-2)15-8-16-29-24(19-11-14-21(34-4)22(17-19)35-5)23(26(31)27(29)32)25(30)18-9-12-20(33-3)13-10-18/h9-14,17,24,30H,6-8,15-16H2,1-5H3. The highest BCUT2D eigenvalue weighted by molar-refractivity contribution is 6.46. The highest BCUT2D eigenvalue weighted by Gasteiger charge is 2.46. The van der Waals surface area contributed by atoms with Gasteiger partial charge in [-0.25, -0.2) is 0 Å². The third-order valence-electron chi connectivity index (χ3n) is 6.39. The third kappa shape index (κ3) is 5.43. The van der Waals surface area contributed by atoms with E-state index in [-0.39, 0.29) is 11.3 Å². The van der Waals surface area contributed by atoms with Gasteiger partial charge in [-0.05, 0) is 68.0 Å². The van der Waals surface area contributed by atoms with Gasteiger partial charge in [-0.2, -0.15) is 0 Å². The minimum absolute atomic E-state index is 0.0511. The van der Waals surface area contributed by atoms with Crippen LogP contribution in [-0.2, 0) is 9.59 Å². The summed E-state index contributed by atoms with van der Waals surface area (Å²) in [4.78, 5) is 30.2. The summed E-state index contributed by atoms with van der Waals surface area (Å²) >= 11 is 0. The zero-order valence-electron chi connectivity index (χ0n) is 21.0. The Bertz CT molecular complexity index is 1080. The maximum absolute atomic E-state index is 13.2. The van der Waals surface area contributed by atoms with Gasteiger partial charge in [0.25, 0.3) is 11.7 Å².